The molecule has 14 heteroatoms. The van der Waals surface area contributed by atoms with Crippen molar-refractivity contribution in [3.05, 3.63) is 91.9 Å². The standard InChI is InChI=1S/C35H36Br2N10O2/c1-4-46-31-25(22(3)43-46)10-6-5-7-17-47-30(18-21(2)42-47)32(48)40-34-38-26-19-23(36)11-13-28(26)44(34)15-8-9-16-45-29-14-12-24(37)20-27(29)39-35(45)41-33(31)49/h8-9,11-14,18-20H,4-7,10,15-17H2,1-3H3,(H,38,40,48)(H,39,41,49)/b9-8+. The van der Waals surface area contributed by atoms with Gasteiger partial charge in [-0.15, -0.1) is 0 Å². The first-order valence-electron chi connectivity index (χ1n) is 16.4. The van der Waals surface area contributed by atoms with Crippen LogP contribution in [0.4, 0.5) is 11.9 Å². The third kappa shape index (κ3) is 6.58. The third-order valence-electron chi connectivity index (χ3n) is 8.81. The summed E-state index contributed by atoms with van der Waals surface area (Å²) in [4.78, 5) is 37.4. The zero-order chi connectivity index (χ0) is 34.2. The molecule has 1 aliphatic rings. The normalized spacial score (nSPS) is 15.5. The van der Waals surface area contributed by atoms with Crippen molar-refractivity contribution in [2.24, 2.45) is 0 Å². The molecule has 252 valence electrons. The minimum Gasteiger partial charge on any atom is -0.306 e. The van der Waals surface area contributed by atoms with Crippen LogP contribution in [0, 0.1) is 13.8 Å². The van der Waals surface area contributed by atoms with Gasteiger partial charge in [-0.1, -0.05) is 50.4 Å². The number of amides is 2. The summed E-state index contributed by atoms with van der Waals surface area (Å²) in [5, 5.41) is 15.5. The number of aromatic nitrogens is 8. The van der Waals surface area contributed by atoms with E-state index < -0.39 is 0 Å². The average Bonchev–Trinajstić information content (AvgIpc) is 3.79. The molecule has 0 atom stereocenters. The Bertz CT molecular complexity index is 2260. The van der Waals surface area contributed by atoms with E-state index >= 15 is 0 Å². The SMILES string of the molecule is CCn1nc(C)c2c1C(=O)Nc1nc3cc(Br)ccc3n1C/C=C/Cn1c(nc3cc(Br)ccc31)NC(=O)c1cc(C)nn1CCCCC2. The van der Waals surface area contributed by atoms with E-state index in [1.807, 2.05) is 84.5 Å². The van der Waals surface area contributed by atoms with E-state index in [2.05, 4.69) is 47.6 Å². The van der Waals surface area contributed by atoms with Crippen molar-refractivity contribution in [1.82, 2.24) is 38.7 Å². The van der Waals surface area contributed by atoms with Crippen LogP contribution in [0.15, 0.2) is 63.6 Å². The minimum atomic E-state index is -0.261. The van der Waals surface area contributed by atoms with Crippen LogP contribution in [0.25, 0.3) is 22.1 Å². The maximum Gasteiger partial charge on any atom is 0.276 e. The van der Waals surface area contributed by atoms with E-state index in [9.17, 15) is 9.59 Å². The first kappa shape index (κ1) is 33.0. The highest BCUT2D eigenvalue weighted by Gasteiger charge is 2.24. The number of hydrogen-bond donors (Lipinski definition) is 2. The monoisotopic (exact) mass is 786 g/mol. The molecule has 6 aromatic rings. The van der Waals surface area contributed by atoms with Gasteiger partial charge in [-0.2, -0.15) is 10.2 Å². The summed E-state index contributed by atoms with van der Waals surface area (Å²) in [7, 11) is 0. The second kappa shape index (κ2) is 13.7. The van der Waals surface area contributed by atoms with Crippen molar-refractivity contribution in [3.63, 3.8) is 0 Å². The highest BCUT2D eigenvalue weighted by Crippen LogP contribution is 2.27. The van der Waals surface area contributed by atoms with E-state index in [-0.39, 0.29) is 11.8 Å². The molecule has 0 aliphatic carbocycles. The summed E-state index contributed by atoms with van der Waals surface area (Å²) in [5.74, 6) is 0.410. The van der Waals surface area contributed by atoms with E-state index in [0.29, 0.717) is 55.9 Å². The number of nitrogens with zero attached hydrogens (tertiary/aromatic N) is 8. The Kier molecular flexibility index (Phi) is 9.25. The molecule has 2 amide bonds. The molecule has 5 heterocycles. The Labute approximate surface area is 299 Å². The van der Waals surface area contributed by atoms with Gasteiger partial charge in [0.2, 0.25) is 11.9 Å². The fraction of sp³-hybridized carbons (Fsp3) is 0.314. The molecule has 0 radical (unpaired) electrons. The minimum absolute atomic E-state index is 0.232. The molecular formula is C35H36Br2N10O2. The lowest BCUT2D eigenvalue weighted by atomic mass is 10.0. The smallest absolute Gasteiger partial charge is 0.276 e. The van der Waals surface area contributed by atoms with Crippen LogP contribution in [0.5, 0.6) is 0 Å². The number of aryl methyl sites for hydroxylation is 4. The van der Waals surface area contributed by atoms with Crippen LogP contribution >= 0.6 is 31.9 Å². The molecule has 2 N–H and O–H groups in total. The number of halogens is 2. The van der Waals surface area contributed by atoms with Crippen LogP contribution in [0.3, 0.4) is 0 Å². The second-order valence-corrected chi connectivity index (χ2v) is 14.0. The predicted molar refractivity (Wildman–Crippen MR) is 197 cm³/mol. The fourth-order valence-electron chi connectivity index (χ4n) is 6.49. The summed E-state index contributed by atoms with van der Waals surface area (Å²) < 4.78 is 9.33. The van der Waals surface area contributed by atoms with Crippen molar-refractivity contribution in [3.8, 4) is 0 Å². The zero-order valence-electron chi connectivity index (χ0n) is 27.5. The summed E-state index contributed by atoms with van der Waals surface area (Å²) >= 11 is 7.11. The number of fused-ring (bicyclic) bond motifs is 8. The second-order valence-electron chi connectivity index (χ2n) is 12.2. The molecule has 1 aliphatic heterocycles. The quantitative estimate of drug-likeness (QED) is 0.167. The number of rotatable bonds is 1. The maximum absolute atomic E-state index is 14.0. The Morgan fingerprint density at radius 1 is 0.776 bits per heavy atom. The van der Waals surface area contributed by atoms with Gasteiger partial charge < -0.3 is 9.13 Å². The molecule has 0 spiro atoms. The number of anilines is 2. The maximum atomic E-state index is 14.0. The number of imidazole rings is 2. The number of carbonyl (C=O) groups is 2. The summed E-state index contributed by atoms with van der Waals surface area (Å²) in [6.07, 6.45) is 7.33. The number of hydrogen-bond acceptors (Lipinski definition) is 6. The number of benzene rings is 2. The molecule has 2 aromatic carbocycles. The summed E-state index contributed by atoms with van der Waals surface area (Å²) in [5.41, 5.74) is 6.92. The van der Waals surface area contributed by atoms with Gasteiger partial charge in [0.15, 0.2) is 0 Å². The van der Waals surface area contributed by atoms with Crippen LogP contribution in [0.1, 0.15) is 64.1 Å². The molecular weight excluding hydrogens is 752 g/mol. The van der Waals surface area contributed by atoms with Gasteiger partial charge in [0.05, 0.1) is 33.5 Å². The Balaban J connectivity index is 1.30. The fourth-order valence-corrected chi connectivity index (χ4v) is 7.19. The van der Waals surface area contributed by atoms with Gasteiger partial charge >= 0.3 is 0 Å². The first-order chi connectivity index (χ1) is 23.7. The molecule has 0 saturated carbocycles. The van der Waals surface area contributed by atoms with Gasteiger partial charge in [0.1, 0.15) is 11.4 Å². The zero-order valence-corrected chi connectivity index (χ0v) is 30.7. The summed E-state index contributed by atoms with van der Waals surface area (Å²) in [6, 6.07) is 13.6. The lowest BCUT2D eigenvalue weighted by molar-refractivity contribution is 0.100. The van der Waals surface area contributed by atoms with Crippen molar-refractivity contribution in [2.45, 2.75) is 72.6 Å². The van der Waals surface area contributed by atoms with E-state index in [0.717, 1.165) is 67.2 Å². The van der Waals surface area contributed by atoms with E-state index in [4.69, 9.17) is 15.1 Å². The lowest BCUT2D eigenvalue weighted by Gasteiger charge is -2.11. The largest absolute Gasteiger partial charge is 0.306 e. The molecule has 49 heavy (non-hydrogen) atoms. The number of carbonyl (C=O) groups excluding carboxylic acids is 2. The van der Waals surface area contributed by atoms with Gasteiger partial charge in [0, 0.05) is 40.7 Å². The van der Waals surface area contributed by atoms with E-state index in [1.165, 1.54) is 0 Å². The molecule has 4 aromatic heterocycles. The first-order valence-corrected chi connectivity index (χ1v) is 18.0. The molecule has 0 saturated heterocycles. The Morgan fingerprint density at radius 2 is 1.39 bits per heavy atom. The number of nitrogens with one attached hydrogen (secondary N) is 2. The number of allylic oxidation sites excluding steroid dienone is 2. The van der Waals surface area contributed by atoms with Gasteiger partial charge in [-0.25, -0.2) is 9.97 Å². The lowest BCUT2D eigenvalue weighted by Crippen LogP contribution is -2.21. The van der Waals surface area contributed by atoms with Crippen LogP contribution in [-0.4, -0.2) is 50.5 Å². The van der Waals surface area contributed by atoms with Crippen LogP contribution in [-0.2, 0) is 32.6 Å². The van der Waals surface area contributed by atoms with Gasteiger partial charge in [-0.05, 0) is 82.5 Å². The molecule has 12 nitrogen and oxygen atoms in total. The molecule has 0 bridgehead atoms. The van der Waals surface area contributed by atoms with Crippen LogP contribution < -0.4 is 10.6 Å². The highest BCUT2D eigenvalue weighted by molar-refractivity contribution is 9.10. The third-order valence-corrected chi connectivity index (χ3v) is 9.80. The molecule has 7 rings (SSSR count). The molecule has 0 unspecified atom stereocenters. The predicted octanol–water partition coefficient (Wildman–Crippen LogP) is 7.43. The van der Waals surface area contributed by atoms with Crippen molar-refractivity contribution >= 4 is 77.6 Å². The Hall–Kier alpha value is -4.56. The Morgan fingerprint density at radius 3 is 2.00 bits per heavy atom. The van der Waals surface area contributed by atoms with Crippen molar-refractivity contribution in [1.29, 1.82) is 0 Å². The summed E-state index contributed by atoms with van der Waals surface area (Å²) in [6.45, 7) is 7.90. The molecule has 0 fully saturated rings. The highest BCUT2D eigenvalue weighted by atomic mass is 79.9. The average molecular weight is 789 g/mol. The van der Waals surface area contributed by atoms with Crippen molar-refractivity contribution < 1.29 is 9.59 Å². The van der Waals surface area contributed by atoms with Gasteiger partial charge in [-0.3, -0.25) is 29.6 Å². The van der Waals surface area contributed by atoms with Gasteiger partial charge in [0.25, 0.3) is 11.8 Å². The van der Waals surface area contributed by atoms with Crippen molar-refractivity contribution in [2.75, 3.05) is 10.6 Å². The topological polar surface area (TPSA) is 129 Å². The van der Waals surface area contributed by atoms with E-state index in [1.54, 1.807) is 9.36 Å². The van der Waals surface area contributed by atoms with Crippen LogP contribution in [0.2, 0.25) is 0 Å².